The number of thioether (sulfide) groups is 1. The molecule has 14 heavy (non-hydrogen) atoms. The SMILES string of the molecule is CCc1cc(NC2CSC2)ccc1C. The van der Waals surface area contributed by atoms with Gasteiger partial charge in [0, 0.05) is 23.2 Å². The third-order valence-corrected chi connectivity index (χ3v) is 4.02. The van der Waals surface area contributed by atoms with E-state index in [9.17, 15) is 0 Å². The molecule has 0 spiro atoms. The Kier molecular flexibility index (Phi) is 3.02. The summed E-state index contributed by atoms with van der Waals surface area (Å²) in [5.74, 6) is 2.52. The lowest BCUT2D eigenvalue weighted by Gasteiger charge is -2.27. The minimum atomic E-state index is 0.701. The molecule has 1 fully saturated rings. The van der Waals surface area contributed by atoms with E-state index in [-0.39, 0.29) is 0 Å². The summed E-state index contributed by atoms with van der Waals surface area (Å²) in [5, 5.41) is 3.56. The average molecular weight is 207 g/mol. The van der Waals surface area contributed by atoms with Crippen molar-refractivity contribution in [2.24, 2.45) is 0 Å². The Labute approximate surface area is 90.3 Å². The van der Waals surface area contributed by atoms with E-state index in [0.29, 0.717) is 6.04 Å². The number of hydrogen-bond acceptors (Lipinski definition) is 2. The van der Waals surface area contributed by atoms with Crippen molar-refractivity contribution in [3.05, 3.63) is 29.3 Å². The van der Waals surface area contributed by atoms with Crippen LogP contribution in [0.25, 0.3) is 0 Å². The molecule has 0 radical (unpaired) electrons. The molecule has 0 amide bonds. The second-order valence-electron chi connectivity index (χ2n) is 3.87. The first-order valence-electron chi connectivity index (χ1n) is 5.23. The molecule has 1 nitrogen and oxygen atoms in total. The quantitative estimate of drug-likeness (QED) is 0.817. The van der Waals surface area contributed by atoms with E-state index in [1.165, 1.54) is 28.3 Å². The minimum Gasteiger partial charge on any atom is -0.381 e. The topological polar surface area (TPSA) is 12.0 Å². The number of benzene rings is 1. The van der Waals surface area contributed by atoms with E-state index in [1.807, 2.05) is 11.8 Å². The Morgan fingerprint density at radius 3 is 2.79 bits per heavy atom. The fraction of sp³-hybridized carbons (Fsp3) is 0.500. The van der Waals surface area contributed by atoms with Crippen molar-refractivity contribution >= 4 is 17.4 Å². The summed E-state index contributed by atoms with van der Waals surface area (Å²) in [6.45, 7) is 4.40. The van der Waals surface area contributed by atoms with Crippen LogP contribution in [0.4, 0.5) is 5.69 Å². The van der Waals surface area contributed by atoms with Crippen molar-refractivity contribution in [3.8, 4) is 0 Å². The second-order valence-corrected chi connectivity index (χ2v) is 4.95. The molecule has 0 bridgehead atoms. The van der Waals surface area contributed by atoms with Gasteiger partial charge in [0.05, 0.1) is 0 Å². The van der Waals surface area contributed by atoms with Crippen molar-refractivity contribution in [3.63, 3.8) is 0 Å². The summed E-state index contributed by atoms with van der Waals surface area (Å²) in [6.07, 6.45) is 1.13. The largest absolute Gasteiger partial charge is 0.381 e. The van der Waals surface area contributed by atoms with Crippen molar-refractivity contribution in [1.29, 1.82) is 0 Å². The number of aryl methyl sites for hydroxylation is 2. The van der Waals surface area contributed by atoms with Crippen molar-refractivity contribution in [2.75, 3.05) is 16.8 Å². The molecule has 1 saturated heterocycles. The molecule has 1 aromatic carbocycles. The maximum absolute atomic E-state index is 3.56. The maximum atomic E-state index is 3.56. The van der Waals surface area contributed by atoms with Crippen LogP contribution in [0.3, 0.4) is 0 Å². The van der Waals surface area contributed by atoms with E-state index in [2.05, 4.69) is 37.4 Å². The Balaban J connectivity index is 2.09. The lowest BCUT2D eigenvalue weighted by atomic mass is 10.1. The number of anilines is 1. The van der Waals surface area contributed by atoms with Gasteiger partial charge in [0.1, 0.15) is 0 Å². The summed E-state index contributed by atoms with van der Waals surface area (Å²) < 4.78 is 0. The zero-order chi connectivity index (χ0) is 9.97. The number of rotatable bonds is 3. The molecular weight excluding hydrogens is 190 g/mol. The highest BCUT2D eigenvalue weighted by Gasteiger charge is 2.17. The van der Waals surface area contributed by atoms with E-state index in [4.69, 9.17) is 0 Å². The highest BCUT2D eigenvalue weighted by Crippen LogP contribution is 2.23. The molecular formula is C12H17NS. The average Bonchev–Trinajstić information content (AvgIpc) is 2.14. The smallest absolute Gasteiger partial charge is 0.0442 e. The Hall–Kier alpha value is -0.630. The predicted octanol–water partition coefficient (Wildman–Crippen LogP) is 3.08. The van der Waals surface area contributed by atoms with E-state index in [1.54, 1.807) is 0 Å². The molecule has 2 heteroatoms. The normalized spacial score (nSPS) is 16.4. The minimum absolute atomic E-state index is 0.701. The van der Waals surface area contributed by atoms with Gasteiger partial charge in [-0.3, -0.25) is 0 Å². The van der Waals surface area contributed by atoms with Gasteiger partial charge in [-0.25, -0.2) is 0 Å². The van der Waals surface area contributed by atoms with Crippen LogP contribution in [0.1, 0.15) is 18.1 Å². The molecule has 0 atom stereocenters. The van der Waals surface area contributed by atoms with E-state index < -0.39 is 0 Å². The van der Waals surface area contributed by atoms with Gasteiger partial charge in [-0.05, 0) is 36.6 Å². The van der Waals surface area contributed by atoms with Crippen molar-refractivity contribution in [2.45, 2.75) is 26.3 Å². The van der Waals surface area contributed by atoms with Gasteiger partial charge in [-0.1, -0.05) is 13.0 Å². The zero-order valence-corrected chi connectivity index (χ0v) is 9.66. The fourth-order valence-corrected chi connectivity index (χ4v) is 2.33. The molecule has 76 valence electrons. The maximum Gasteiger partial charge on any atom is 0.0442 e. The van der Waals surface area contributed by atoms with E-state index in [0.717, 1.165) is 6.42 Å². The van der Waals surface area contributed by atoms with Crippen LogP contribution in [0, 0.1) is 6.92 Å². The van der Waals surface area contributed by atoms with Crippen LogP contribution >= 0.6 is 11.8 Å². The summed E-state index contributed by atoms with van der Waals surface area (Å²) >= 11 is 2.01. The van der Waals surface area contributed by atoms with Gasteiger partial charge in [0.15, 0.2) is 0 Å². The first kappa shape index (κ1) is 9.91. The number of hydrogen-bond donors (Lipinski definition) is 1. The van der Waals surface area contributed by atoms with Crippen molar-refractivity contribution in [1.82, 2.24) is 0 Å². The second kappa shape index (κ2) is 4.26. The monoisotopic (exact) mass is 207 g/mol. The van der Waals surface area contributed by atoms with Gasteiger partial charge < -0.3 is 5.32 Å². The predicted molar refractivity (Wildman–Crippen MR) is 65.3 cm³/mol. The Morgan fingerprint density at radius 1 is 1.43 bits per heavy atom. The molecule has 0 saturated carbocycles. The lowest BCUT2D eigenvalue weighted by molar-refractivity contribution is 0.881. The molecule has 1 heterocycles. The highest BCUT2D eigenvalue weighted by molar-refractivity contribution is 8.00. The van der Waals surface area contributed by atoms with Crippen LogP contribution in [0.15, 0.2) is 18.2 Å². The molecule has 1 aliphatic heterocycles. The first-order valence-corrected chi connectivity index (χ1v) is 6.39. The van der Waals surface area contributed by atoms with Crippen LogP contribution < -0.4 is 5.32 Å². The van der Waals surface area contributed by atoms with E-state index >= 15 is 0 Å². The molecule has 0 aliphatic carbocycles. The summed E-state index contributed by atoms with van der Waals surface area (Å²) in [4.78, 5) is 0. The third-order valence-electron chi connectivity index (χ3n) is 2.74. The summed E-state index contributed by atoms with van der Waals surface area (Å²) in [5.41, 5.74) is 4.15. The lowest BCUT2D eigenvalue weighted by Crippen LogP contribution is -2.33. The van der Waals surface area contributed by atoms with Gasteiger partial charge in [0.2, 0.25) is 0 Å². The van der Waals surface area contributed by atoms with Crippen LogP contribution in [0.5, 0.6) is 0 Å². The Morgan fingerprint density at radius 2 is 2.21 bits per heavy atom. The summed E-state index contributed by atoms with van der Waals surface area (Å²) in [6, 6.07) is 7.40. The molecule has 0 aromatic heterocycles. The molecule has 1 aromatic rings. The molecule has 2 rings (SSSR count). The number of nitrogens with one attached hydrogen (secondary N) is 1. The van der Waals surface area contributed by atoms with Gasteiger partial charge in [-0.15, -0.1) is 0 Å². The van der Waals surface area contributed by atoms with Gasteiger partial charge >= 0.3 is 0 Å². The summed E-state index contributed by atoms with van der Waals surface area (Å²) in [7, 11) is 0. The van der Waals surface area contributed by atoms with Crippen LogP contribution in [0.2, 0.25) is 0 Å². The van der Waals surface area contributed by atoms with Gasteiger partial charge in [-0.2, -0.15) is 11.8 Å². The molecule has 1 N–H and O–H groups in total. The zero-order valence-electron chi connectivity index (χ0n) is 8.84. The van der Waals surface area contributed by atoms with Crippen LogP contribution in [-0.2, 0) is 6.42 Å². The fourth-order valence-electron chi connectivity index (χ4n) is 1.70. The molecule has 1 aliphatic rings. The van der Waals surface area contributed by atoms with Crippen LogP contribution in [-0.4, -0.2) is 17.5 Å². The molecule has 0 unspecified atom stereocenters. The highest BCUT2D eigenvalue weighted by atomic mass is 32.2. The third kappa shape index (κ3) is 2.06. The van der Waals surface area contributed by atoms with Crippen molar-refractivity contribution < 1.29 is 0 Å². The Bertz CT molecular complexity index is 318. The standard InChI is InChI=1S/C12H17NS/c1-3-10-6-11(5-4-9(10)2)13-12-7-14-8-12/h4-6,12-13H,3,7-8H2,1-2H3. The first-order chi connectivity index (χ1) is 6.79. The van der Waals surface area contributed by atoms with Gasteiger partial charge in [0.25, 0.3) is 0 Å².